The molecule has 0 aliphatic rings. The van der Waals surface area contributed by atoms with E-state index in [1.165, 1.54) is 11.8 Å². The molecule has 0 fully saturated rings. The second-order valence-corrected chi connectivity index (χ2v) is 6.85. The third-order valence-electron chi connectivity index (χ3n) is 4.35. The van der Waals surface area contributed by atoms with Crippen molar-refractivity contribution in [1.82, 2.24) is 4.90 Å². The van der Waals surface area contributed by atoms with Gasteiger partial charge in [0, 0.05) is 31.4 Å². The van der Waals surface area contributed by atoms with E-state index >= 15 is 0 Å². The van der Waals surface area contributed by atoms with Crippen LogP contribution in [0.5, 0.6) is 0 Å². The summed E-state index contributed by atoms with van der Waals surface area (Å²) in [5.41, 5.74) is 2.83. The molecule has 152 valence electrons. The van der Waals surface area contributed by atoms with Crippen LogP contribution in [-0.4, -0.2) is 22.6 Å². The Morgan fingerprint density at radius 1 is 0.700 bits per heavy atom. The molecule has 0 spiro atoms. The van der Waals surface area contributed by atoms with Gasteiger partial charge in [0.15, 0.2) is 0 Å². The first kappa shape index (κ1) is 20.8. The van der Waals surface area contributed by atoms with Gasteiger partial charge < -0.3 is 15.5 Å². The van der Waals surface area contributed by atoms with Crippen molar-refractivity contribution < 1.29 is 14.4 Å². The van der Waals surface area contributed by atoms with E-state index in [0.29, 0.717) is 24.5 Å². The van der Waals surface area contributed by atoms with E-state index in [2.05, 4.69) is 10.6 Å². The highest BCUT2D eigenvalue weighted by Gasteiger charge is 2.22. The zero-order valence-corrected chi connectivity index (χ0v) is 16.7. The Balaban J connectivity index is 1.75. The summed E-state index contributed by atoms with van der Waals surface area (Å²) in [6, 6.07) is 25.7. The molecule has 0 saturated carbocycles. The highest BCUT2D eigenvalue weighted by Crippen LogP contribution is 2.16. The van der Waals surface area contributed by atoms with Crippen molar-refractivity contribution in [3.05, 3.63) is 96.1 Å². The van der Waals surface area contributed by atoms with Gasteiger partial charge in [0.1, 0.15) is 0 Å². The third-order valence-corrected chi connectivity index (χ3v) is 4.35. The maximum atomic E-state index is 13.0. The van der Waals surface area contributed by atoms with Gasteiger partial charge in [-0.2, -0.15) is 0 Å². The summed E-state index contributed by atoms with van der Waals surface area (Å²) in [5.74, 6) is -1.58. The number of anilines is 2. The topological polar surface area (TPSA) is 78.5 Å². The van der Waals surface area contributed by atoms with Gasteiger partial charge in [-0.3, -0.25) is 14.4 Å². The third kappa shape index (κ3) is 6.04. The number of carbonyl (C=O) groups excluding carboxylic acids is 3. The minimum Gasteiger partial charge on any atom is -0.326 e. The van der Waals surface area contributed by atoms with Crippen molar-refractivity contribution in [2.24, 2.45) is 0 Å². The summed E-state index contributed by atoms with van der Waals surface area (Å²) in [6.45, 7) is 2.03. The van der Waals surface area contributed by atoms with Crippen LogP contribution >= 0.6 is 0 Å². The van der Waals surface area contributed by atoms with Gasteiger partial charge in [-0.05, 0) is 29.3 Å². The van der Waals surface area contributed by atoms with Crippen LogP contribution in [0.15, 0.2) is 84.9 Å². The fourth-order valence-electron chi connectivity index (χ4n) is 3.01. The van der Waals surface area contributed by atoms with Crippen LogP contribution in [0.4, 0.5) is 11.4 Å². The fraction of sp³-hybridized carbons (Fsp3) is 0.125. The fourth-order valence-corrected chi connectivity index (χ4v) is 3.01. The Morgan fingerprint density at radius 3 is 1.70 bits per heavy atom. The molecule has 0 radical (unpaired) electrons. The van der Waals surface area contributed by atoms with Gasteiger partial charge >= 0.3 is 11.8 Å². The lowest BCUT2D eigenvalue weighted by Crippen LogP contribution is -2.38. The predicted octanol–water partition coefficient (Wildman–Crippen LogP) is 3.81. The summed E-state index contributed by atoms with van der Waals surface area (Å²) in [4.78, 5) is 38.4. The molecule has 3 rings (SSSR count). The Kier molecular flexibility index (Phi) is 6.95. The average Bonchev–Trinajstić information content (AvgIpc) is 2.74. The molecule has 0 aliphatic carbocycles. The summed E-state index contributed by atoms with van der Waals surface area (Å²) in [6.07, 6.45) is 0. The normalized spacial score (nSPS) is 10.2. The smallest absolute Gasteiger partial charge is 0.313 e. The summed E-state index contributed by atoms with van der Waals surface area (Å²) >= 11 is 0. The van der Waals surface area contributed by atoms with Crippen LogP contribution in [-0.2, 0) is 27.5 Å². The molecule has 0 aliphatic heterocycles. The summed E-state index contributed by atoms with van der Waals surface area (Å²) in [7, 11) is 0. The van der Waals surface area contributed by atoms with Crippen molar-refractivity contribution in [1.29, 1.82) is 0 Å². The molecular weight excluding hydrogens is 378 g/mol. The van der Waals surface area contributed by atoms with Crippen molar-refractivity contribution >= 4 is 29.1 Å². The second kappa shape index (κ2) is 10.0. The van der Waals surface area contributed by atoms with E-state index in [4.69, 9.17) is 0 Å². The van der Waals surface area contributed by atoms with E-state index in [1.54, 1.807) is 24.3 Å². The lowest BCUT2D eigenvalue weighted by Gasteiger charge is -2.22. The number of benzene rings is 3. The number of hydrogen-bond donors (Lipinski definition) is 2. The van der Waals surface area contributed by atoms with Gasteiger partial charge in [0.2, 0.25) is 5.91 Å². The van der Waals surface area contributed by atoms with Crippen LogP contribution in [0.1, 0.15) is 18.1 Å². The highest BCUT2D eigenvalue weighted by molar-refractivity contribution is 6.39. The van der Waals surface area contributed by atoms with E-state index in [9.17, 15) is 14.4 Å². The van der Waals surface area contributed by atoms with Crippen molar-refractivity contribution in [3.8, 4) is 0 Å². The molecule has 0 heterocycles. The Bertz CT molecular complexity index is 979. The van der Waals surface area contributed by atoms with Crippen LogP contribution in [0.25, 0.3) is 0 Å². The van der Waals surface area contributed by atoms with Crippen LogP contribution < -0.4 is 10.6 Å². The molecule has 0 bridgehead atoms. The largest absolute Gasteiger partial charge is 0.326 e. The average molecular weight is 401 g/mol. The molecule has 2 N–H and O–H groups in total. The highest BCUT2D eigenvalue weighted by atomic mass is 16.2. The molecular formula is C24H23N3O3. The molecule has 0 unspecified atom stereocenters. The monoisotopic (exact) mass is 401 g/mol. The first-order valence-corrected chi connectivity index (χ1v) is 9.57. The maximum absolute atomic E-state index is 13.0. The molecule has 0 aromatic heterocycles. The first-order chi connectivity index (χ1) is 14.5. The van der Waals surface area contributed by atoms with Gasteiger partial charge in [0.05, 0.1) is 0 Å². The lowest BCUT2D eigenvalue weighted by atomic mass is 10.1. The molecule has 3 amide bonds. The number of carbonyl (C=O) groups is 3. The lowest BCUT2D eigenvalue weighted by molar-refractivity contribution is -0.144. The minimum absolute atomic E-state index is 0.216. The molecule has 0 atom stereocenters. The van der Waals surface area contributed by atoms with Crippen molar-refractivity contribution in [2.45, 2.75) is 20.0 Å². The molecule has 30 heavy (non-hydrogen) atoms. The number of rotatable bonds is 6. The van der Waals surface area contributed by atoms with Crippen LogP contribution in [0, 0.1) is 0 Å². The number of nitrogens with zero attached hydrogens (tertiary/aromatic N) is 1. The summed E-state index contributed by atoms with van der Waals surface area (Å²) in [5, 5.41) is 5.28. The molecule has 3 aromatic rings. The Morgan fingerprint density at radius 2 is 1.20 bits per heavy atom. The van der Waals surface area contributed by atoms with Gasteiger partial charge in [-0.15, -0.1) is 0 Å². The quantitative estimate of drug-likeness (QED) is 0.617. The molecule has 6 nitrogen and oxygen atoms in total. The van der Waals surface area contributed by atoms with E-state index in [0.717, 1.165) is 11.1 Å². The molecule has 0 saturated heterocycles. The zero-order chi connectivity index (χ0) is 21.3. The zero-order valence-electron chi connectivity index (χ0n) is 16.7. The van der Waals surface area contributed by atoms with Crippen molar-refractivity contribution in [3.63, 3.8) is 0 Å². The second-order valence-electron chi connectivity index (χ2n) is 6.85. The van der Waals surface area contributed by atoms with Gasteiger partial charge in [0.25, 0.3) is 0 Å². The van der Waals surface area contributed by atoms with Gasteiger partial charge in [-0.1, -0.05) is 66.7 Å². The van der Waals surface area contributed by atoms with Crippen LogP contribution in [0.3, 0.4) is 0 Å². The molecule has 6 heteroatoms. The van der Waals surface area contributed by atoms with E-state index in [-0.39, 0.29) is 5.91 Å². The van der Waals surface area contributed by atoms with Gasteiger partial charge in [-0.25, -0.2) is 0 Å². The Labute approximate surface area is 175 Å². The standard InChI is InChI=1S/C24H23N3O3/c1-18(28)25-21-13-8-14-22(15-21)26-23(29)24(30)27(16-19-9-4-2-5-10-19)17-20-11-6-3-7-12-20/h2-15H,16-17H2,1H3,(H,25,28)(H,26,29). The summed E-state index contributed by atoms with van der Waals surface area (Å²) < 4.78 is 0. The van der Waals surface area contributed by atoms with Crippen molar-refractivity contribution in [2.75, 3.05) is 10.6 Å². The van der Waals surface area contributed by atoms with E-state index in [1.807, 2.05) is 60.7 Å². The van der Waals surface area contributed by atoms with E-state index < -0.39 is 11.8 Å². The number of amides is 3. The number of nitrogens with one attached hydrogen (secondary N) is 2. The predicted molar refractivity (Wildman–Crippen MR) is 117 cm³/mol. The van der Waals surface area contributed by atoms with Crippen LogP contribution in [0.2, 0.25) is 0 Å². The number of hydrogen-bond acceptors (Lipinski definition) is 3. The SMILES string of the molecule is CC(=O)Nc1cccc(NC(=O)C(=O)N(Cc2ccccc2)Cc2ccccc2)c1. The Hall–Kier alpha value is -3.93. The first-order valence-electron chi connectivity index (χ1n) is 9.57. The molecule has 3 aromatic carbocycles. The minimum atomic E-state index is -0.734. The maximum Gasteiger partial charge on any atom is 0.313 e.